The van der Waals surface area contributed by atoms with Gasteiger partial charge in [0.1, 0.15) is 5.60 Å². The van der Waals surface area contributed by atoms with Crippen LogP contribution in [0.25, 0.3) is 0 Å². The number of ketones is 1. The van der Waals surface area contributed by atoms with E-state index in [0.29, 0.717) is 67.3 Å². The molecular weight excluding hydrogens is 442 g/mol. The first-order chi connectivity index (χ1) is 15.6. The number of pyridine rings is 1. The summed E-state index contributed by atoms with van der Waals surface area (Å²) in [5.41, 5.74) is 3.03. The summed E-state index contributed by atoms with van der Waals surface area (Å²) >= 11 is 6.08. The highest BCUT2D eigenvalue weighted by Gasteiger charge is 2.28. The molecule has 176 valence electrons. The fraction of sp³-hybridized carbons (Fsp3) is 0.480. The lowest BCUT2D eigenvalue weighted by Crippen LogP contribution is -2.50. The number of benzene rings is 1. The molecule has 1 aromatic carbocycles. The second kappa shape index (κ2) is 9.41. The lowest BCUT2D eigenvalue weighted by Gasteiger charge is -2.36. The van der Waals surface area contributed by atoms with E-state index in [1.165, 1.54) is 0 Å². The van der Waals surface area contributed by atoms with Crippen molar-refractivity contribution >= 4 is 23.5 Å². The minimum atomic E-state index is -0.739. The van der Waals surface area contributed by atoms with Gasteiger partial charge in [-0.1, -0.05) is 23.7 Å². The Morgan fingerprint density at radius 2 is 1.88 bits per heavy atom. The van der Waals surface area contributed by atoms with Gasteiger partial charge in [-0.15, -0.1) is 0 Å². The van der Waals surface area contributed by atoms with E-state index in [2.05, 4.69) is 9.88 Å². The van der Waals surface area contributed by atoms with Gasteiger partial charge < -0.3 is 14.7 Å². The number of carbonyl (C=O) groups is 2. The van der Waals surface area contributed by atoms with E-state index in [0.717, 1.165) is 11.3 Å². The Bertz CT molecular complexity index is 1060. The largest absolute Gasteiger partial charge is 0.444 e. The third kappa shape index (κ3) is 5.54. The zero-order valence-electron chi connectivity index (χ0n) is 19.3. The zero-order chi connectivity index (χ0) is 23.8. The van der Waals surface area contributed by atoms with Crippen molar-refractivity contribution in [3.8, 4) is 0 Å². The summed E-state index contributed by atoms with van der Waals surface area (Å²) in [5, 5.41) is 11.3. The van der Waals surface area contributed by atoms with Crippen LogP contribution in [0.1, 0.15) is 59.6 Å². The van der Waals surface area contributed by atoms with Crippen molar-refractivity contribution in [1.29, 1.82) is 0 Å². The number of hydrogen-bond acceptors (Lipinski definition) is 6. The molecule has 8 heteroatoms. The summed E-state index contributed by atoms with van der Waals surface area (Å²) in [6.45, 7) is 8.39. The summed E-state index contributed by atoms with van der Waals surface area (Å²) in [6, 6.07) is 7.30. The van der Waals surface area contributed by atoms with Crippen LogP contribution >= 0.6 is 11.6 Å². The van der Waals surface area contributed by atoms with Gasteiger partial charge >= 0.3 is 6.09 Å². The molecule has 4 rings (SSSR count). The van der Waals surface area contributed by atoms with Crippen molar-refractivity contribution in [2.24, 2.45) is 0 Å². The Morgan fingerprint density at radius 1 is 1.15 bits per heavy atom. The standard InChI is InChI=1S/C25H30ClN3O4/c1-25(2,3)33-24(32)29-10-8-28(9-11-29)15-22(30)17-5-4-16-6-7-21-20(13-18(26)14-27-21)23(31)19(16)12-17/h4-5,12-14,22,30H,6-11,15H2,1-3H3. The lowest BCUT2D eigenvalue weighted by molar-refractivity contribution is 0.0101. The van der Waals surface area contributed by atoms with E-state index in [1.807, 2.05) is 32.9 Å². The van der Waals surface area contributed by atoms with Crippen molar-refractivity contribution in [3.63, 3.8) is 0 Å². The van der Waals surface area contributed by atoms with Crippen molar-refractivity contribution in [3.05, 3.63) is 63.4 Å². The molecule has 2 aromatic rings. The average molecular weight is 472 g/mol. The second-order valence-electron chi connectivity index (χ2n) is 9.68. The monoisotopic (exact) mass is 471 g/mol. The molecule has 33 heavy (non-hydrogen) atoms. The molecule has 1 aromatic heterocycles. The predicted octanol–water partition coefficient (Wildman–Crippen LogP) is 3.65. The highest BCUT2D eigenvalue weighted by atomic mass is 35.5. The van der Waals surface area contributed by atoms with Crippen LogP contribution in [-0.4, -0.2) is 70.1 Å². The van der Waals surface area contributed by atoms with E-state index >= 15 is 0 Å². The molecule has 7 nitrogen and oxygen atoms in total. The van der Waals surface area contributed by atoms with Crippen LogP contribution in [0.5, 0.6) is 0 Å². The van der Waals surface area contributed by atoms with Crippen LogP contribution in [0.4, 0.5) is 4.79 Å². The van der Waals surface area contributed by atoms with Crippen LogP contribution < -0.4 is 0 Å². The van der Waals surface area contributed by atoms with Gasteiger partial charge in [0, 0.05) is 50.0 Å². The SMILES string of the molecule is CC(C)(C)OC(=O)N1CCN(CC(O)c2ccc3c(c2)C(=O)c2cc(Cl)cnc2CC3)CC1. The summed E-state index contributed by atoms with van der Waals surface area (Å²) < 4.78 is 5.44. The number of carbonyl (C=O) groups excluding carboxylic acids is 2. The number of aryl methyl sites for hydroxylation is 2. The maximum atomic E-state index is 13.2. The molecule has 1 amide bonds. The second-order valence-corrected chi connectivity index (χ2v) is 10.1. The molecule has 1 N–H and O–H groups in total. The van der Waals surface area contributed by atoms with Crippen molar-refractivity contribution in [2.75, 3.05) is 32.7 Å². The van der Waals surface area contributed by atoms with E-state index < -0.39 is 11.7 Å². The normalized spacial score (nSPS) is 17.7. The van der Waals surface area contributed by atoms with Crippen molar-refractivity contribution in [1.82, 2.24) is 14.8 Å². The average Bonchev–Trinajstić information content (AvgIpc) is 2.89. The van der Waals surface area contributed by atoms with Crippen LogP contribution in [0, 0.1) is 0 Å². The topological polar surface area (TPSA) is 83.0 Å². The number of amides is 1. The van der Waals surface area contributed by atoms with Crippen LogP contribution in [-0.2, 0) is 17.6 Å². The van der Waals surface area contributed by atoms with Gasteiger partial charge in [-0.05, 0) is 56.9 Å². The van der Waals surface area contributed by atoms with Gasteiger partial charge in [0.2, 0.25) is 0 Å². The van der Waals surface area contributed by atoms with Crippen molar-refractivity contribution < 1.29 is 19.4 Å². The number of ether oxygens (including phenoxy) is 1. The number of β-amino-alcohol motifs (C(OH)–C–C–N with tert-alkyl or cyclic N) is 1. The fourth-order valence-corrected chi connectivity index (χ4v) is 4.44. The highest BCUT2D eigenvalue weighted by molar-refractivity contribution is 6.31. The molecule has 1 fully saturated rings. The van der Waals surface area contributed by atoms with E-state index in [1.54, 1.807) is 23.2 Å². The van der Waals surface area contributed by atoms with Gasteiger partial charge in [-0.2, -0.15) is 0 Å². The third-order valence-corrected chi connectivity index (χ3v) is 6.24. The Hall–Kier alpha value is -2.48. The smallest absolute Gasteiger partial charge is 0.410 e. The number of nitrogens with zero attached hydrogens (tertiary/aromatic N) is 3. The molecule has 1 saturated heterocycles. The van der Waals surface area contributed by atoms with E-state index in [9.17, 15) is 14.7 Å². The van der Waals surface area contributed by atoms with Gasteiger partial charge in [0.15, 0.2) is 5.78 Å². The molecule has 1 atom stereocenters. The third-order valence-electron chi connectivity index (χ3n) is 6.03. The number of aliphatic hydroxyl groups excluding tert-OH is 1. The zero-order valence-corrected chi connectivity index (χ0v) is 20.1. The summed E-state index contributed by atoms with van der Waals surface area (Å²) in [6.07, 6.45) is 1.92. The first-order valence-corrected chi connectivity index (χ1v) is 11.7. The number of halogens is 1. The minimum absolute atomic E-state index is 0.104. The molecule has 0 saturated carbocycles. The molecule has 2 heterocycles. The lowest BCUT2D eigenvalue weighted by atomic mass is 9.95. The van der Waals surface area contributed by atoms with Gasteiger partial charge in [0.25, 0.3) is 0 Å². The fourth-order valence-electron chi connectivity index (χ4n) is 4.28. The van der Waals surface area contributed by atoms with Crippen LogP contribution in [0.3, 0.4) is 0 Å². The first kappa shape index (κ1) is 23.7. The predicted molar refractivity (Wildman–Crippen MR) is 126 cm³/mol. The molecule has 1 aliphatic heterocycles. The van der Waals surface area contributed by atoms with E-state index in [-0.39, 0.29) is 11.9 Å². The quantitative estimate of drug-likeness (QED) is 0.735. The minimum Gasteiger partial charge on any atom is -0.444 e. The van der Waals surface area contributed by atoms with Gasteiger partial charge in [-0.3, -0.25) is 14.7 Å². The molecule has 0 bridgehead atoms. The molecule has 1 unspecified atom stereocenters. The Morgan fingerprint density at radius 3 is 2.58 bits per heavy atom. The molecule has 0 spiro atoms. The number of hydrogen-bond donors (Lipinski definition) is 1. The van der Waals surface area contributed by atoms with Gasteiger partial charge in [-0.25, -0.2) is 4.79 Å². The summed E-state index contributed by atoms with van der Waals surface area (Å²) in [5.74, 6) is -0.104. The Labute approximate surface area is 199 Å². The Balaban J connectivity index is 1.42. The van der Waals surface area contributed by atoms with Crippen LogP contribution in [0.2, 0.25) is 5.02 Å². The first-order valence-electron chi connectivity index (χ1n) is 11.3. The maximum absolute atomic E-state index is 13.2. The van der Waals surface area contributed by atoms with Crippen LogP contribution in [0.15, 0.2) is 30.5 Å². The number of rotatable bonds is 3. The highest BCUT2D eigenvalue weighted by Crippen LogP contribution is 2.28. The number of piperazine rings is 1. The van der Waals surface area contributed by atoms with Crippen molar-refractivity contribution in [2.45, 2.75) is 45.3 Å². The molecule has 2 aliphatic rings. The van der Waals surface area contributed by atoms with E-state index in [4.69, 9.17) is 16.3 Å². The Kier molecular flexibility index (Phi) is 6.75. The molecule has 0 radical (unpaired) electrons. The molecular formula is C25H30ClN3O4. The summed E-state index contributed by atoms with van der Waals surface area (Å²) in [4.78, 5) is 33.6. The number of aromatic nitrogens is 1. The number of fused-ring (bicyclic) bond motifs is 2. The number of aliphatic hydroxyl groups is 1. The molecule has 1 aliphatic carbocycles. The summed E-state index contributed by atoms with van der Waals surface area (Å²) in [7, 11) is 0. The van der Waals surface area contributed by atoms with Gasteiger partial charge in [0.05, 0.1) is 16.8 Å². The maximum Gasteiger partial charge on any atom is 0.410 e.